The maximum Gasteiger partial charge on any atom is 0.242 e. The highest BCUT2D eigenvalue weighted by Crippen LogP contribution is 2.23. The molecule has 18 heavy (non-hydrogen) atoms. The van der Waals surface area contributed by atoms with Crippen LogP contribution in [0.25, 0.3) is 0 Å². The van der Waals surface area contributed by atoms with E-state index in [2.05, 4.69) is 20.7 Å². The SMILES string of the molecule is CCC(C)C(C)NS(=O)(=O)c1ccc(Br)cc1N. The molecule has 0 heterocycles. The number of hydrogen-bond donors (Lipinski definition) is 2. The van der Waals surface area contributed by atoms with E-state index >= 15 is 0 Å². The number of nitrogens with two attached hydrogens (primary N) is 1. The van der Waals surface area contributed by atoms with Crippen LogP contribution in [0.15, 0.2) is 27.6 Å². The molecule has 6 heteroatoms. The molecule has 1 aromatic carbocycles. The van der Waals surface area contributed by atoms with Crippen LogP contribution in [0.4, 0.5) is 5.69 Å². The van der Waals surface area contributed by atoms with Crippen LogP contribution in [0.5, 0.6) is 0 Å². The summed E-state index contributed by atoms with van der Waals surface area (Å²) in [6.45, 7) is 5.91. The molecule has 102 valence electrons. The van der Waals surface area contributed by atoms with Gasteiger partial charge >= 0.3 is 0 Å². The summed E-state index contributed by atoms with van der Waals surface area (Å²) in [5.41, 5.74) is 5.99. The Morgan fingerprint density at radius 3 is 2.50 bits per heavy atom. The molecule has 0 bridgehead atoms. The van der Waals surface area contributed by atoms with E-state index < -0.39 is 10.0 Å². The van der Waals surface area contributed by atoms with Crippen molar-refractivity contribution in [2.75, 3.05) is 5.73 Å². The van der Waals surface area contributed by atoms with Gasteiger partial charge in [-0.25, -0.2) is 13.1 Å². The maximum atomic E-state index is 12.2. The lowest BCUT2D eigenvalue weighted by Crippen LogP contribution is -2.37. The Morgan fingerprint density at radius 2 is 2.00 bits per heavy atom. The molecule has 0 aromatic heterocycles. The summed E-state index contributed by atoms with van der Waals surface area (Å²) in [7, 11) is -3.56. The highest BCUT2D eigenvalue weighted by Gasteiger charge is 2.22. The first-order chi connectivity index (χ1) is 8.27. The van der Waals surface area contributed by atoms with Gasteiger partial charge in [0.15, 0.2) is 0 Å². The minimum Gasteiger partial charge on any atom is -0.398 e. The molecule has 0 aliphatic carbocycles. The zero-order valence-electron chi connectivity index (χ0n) is 10.8. The fraction of sp³-hybridized carbons (Fsp3) is 0.500. The summed E-state index contributed by atoms with van der Waals surface area (Å²) in [5.74, 6) is 0.274. The first kappa shape index (κ1) is 15.5. The second-order valence-electron chi connectivity index (χ2n) is 4.48. The summed E-state index contributed by atoms with van der Waals surface area (Å²) in [4.78, 5) is 0.126. The monoisotopic (exact) mass is 334 g/mol. The number of halogens is 1. The van der Waals surface area contributed by atoms with Gasteiger partial charge < -0.3 is 5.73 Å². The number of benzene rings is 1. The number of hydrogen-bond acceptors (Lipinski definition) is 3. The Morgan fingerprint density at radius 1 is 1.39 bits per heavy atom. The summed E-state index contributed by atoms with van der Waals surface area (Å²) < 4.78 is 27.8. The van der Waals surface area contributed by atoms with Crippen molar-refractivity contribution in [1.82, 2.24) is 4.72 Å². The predicted octanol–water partition coefficient (Wildman–Crippen LogP) is 2.74. The van der Waals surface area contributed by atoms with Crippen LogP contribution >= 0.6 is 15.9 Å². The van der Waals surface area contributed by atoms with Gasteiger partial charge in [-0.1, -0.05) is 36.2 Å². The first-order valence-electron chi connectivity index (χ1n) is 5.85. The van der Waals surface area contributed by atoms with Gasteiger partial charge in [-0.05, 0) is 31.0 Å². The Hall–Kier alpha value is -0.590. The Labute approximate surface area is 117 Å². The highest BCUT2D eigenvalue weighted by molar-refractivity contribution is 9.10. The third-order valence-corrected chi connectivity index (χ3v) is 5.23. The average Bonchev–Trinajstić information content (AvgIpc) is 2.26. The zero-order chi connectivity index (χ0) is 13.9. The second-order valence-corrected chi connectivity index (χ2v) is 7.08. The van der Waals surface area contributed by atoms with Crippen molar-refractivity contribution in [2.24, 2.45) is 5.92 Å². The van der Waals surface area contributed by atoms with Crippen molar-refractivity contribution in [2.45, 2.75) is 38.1 Å². The largest absolute Gasteiger partial charge is 0.398 e. The topological polar surface area (TPSA) is 72.2 Å². The van der Waals surface area contributed by atoms with Gasteiger partial charge in [0.05, 0.1) is 5.69 Å². The van der Waals surface area contributed by atoms with Crippen LogP contribution in [0.3, 0.4) is 0 Å². The van der Waals surface area contributed by atoms with Gasteiger partial charge in [-0.2, -0.15) is 0 Å². The van der Waals surface area contributed by atoms with Crippen molar-refractivity contribution < 1.29 is 8.42 Å². The predicted molar refractivity (Wildman–Crippen MR) is 77.8 cm³/mol. The molecule has 0 radical (unpaired) electrons. The van der Waals surface area contributed by atoms with E-state index in [9.17, 15) is 8.42 Å². The van der Waals surface area contributed by atoms with Crippen LogP contribution in [-0.4, -0.2) is 14.5 Å². The highest BCUT2D eigenvalue weighted by atomic mass is 79.9. The third kappa shape index (κ3) is 3.70. The normalized spacial score (nSPS) is 15.3. The van der Waals surface area contributed by atoms with Gasteiger partial charge in [0.2, 0.25) is 10.0 Å². The zero-order valence-corrected chi connectivity index (χ0v) is 13.2. The number of rotatable bonds is 5. The van der Waals surface area contributed by atoms with Crippen molar-refractivity contribution in [1.29, 1.82) is 0 Å². The molecule has 0 saturated heterocycles. The minimum atomic E-state index is -3.56. The summed E-state index contributed by atoms with van der Waals surface area (Å²) in [6, 6.07) is 4.63. The van der Waals surface area contributed by atoms with E-state index in [1.807, 2.05) is 20.8 Å². The van der Waals surface area contributed by atoms with E-state index in [-0.39, 0.29) is 22.5 Å². The van der Waals surface area contributed by atoms with Crippen LogP contribution in [0.1, 0.15) is 27.2 Å². The number of nitrogen functional groups attached to an aromatic ring is 1. The standard InChI is InChI=1S/C12H19BrN2O2S/c1-4-8(2)9(3)15-18(16,17)12-6-5-10(13)7-11(12)14/h5-9,15H,4,14H2,1-3H3. The van der Waals surface area contributed by atoms with E-state index in [0.29, 0.717) is 0 Å². The molecule has 2 unspecified atom stereocenters. The van der Waals surface area contributed by atoms with Crippen molar-refractivity contribution in [3.8, 4) is 0 Å². The molecule has 0 fully saturated rings. The fourth-order valence-electron chi connectivity index (χ4n) is 1.54. The molecular formula is C12H19BrN2O2S. The summed E-state index contributed by atoms with van der Waals surface area (Å²) in [6.07, 6.45) is 0.916. The maximum absolute atomic E-state index is 12.2. The number of sulfonamides is 1. The van der Waals surface area contributed by atoms with Crippen LogP contribution in [0, 0.1) is 5.92 Å². The number of nitrogens with one attached hydrogen (secondary N) is 1. The molecule has 4 nitrogen and oxygen atoms in total. The number of anilines is 1. The molecular weight excluding hydrogens is 316 g/mol. The molecule has 1 aromatic rings. The summed E-state index contributed by atoms with van der Waals surface area (Å²) >= 11 is 3.25. The van der Waals surface area contributed by atoms with E-state index in [1.165, 1.54) is 6.07 Å². The lowest BCUT2D eigenvalue weighted by molar-refractivity contribution is 0.434. The minimum absolute atomic E-state index is 0.122. The van der Waals surface area contributed by atoms with Gasteiger partial charge in [-0.3, -0.25) is 0 Å². The van der Waals surface area contributed by atoms with Gasteiger partial charge in [0, 0.05) is 10.5 Å². The van der Waals surface area contributed by atoms with E-state index in [0.717, 1.165) is 10.9 Å². The first-order valence-corrected chi connectivity index (χ1v) is 8.13. The van der Waals surface area contributed by atoms with Crippen LogP contribution in [-0.2, 0) is 10.0 Å². The Balaban J connectivity index is 3.00. The quantitative estimate of drug-likeness (QED) is 0.813. The molecule has 0 amide bonds. The Kier molecular flexibility index (Phi) is 5.19. The summed E-state index contributed by atoms with van der Waals surface area (Å²) in [5, 5.41) is 0. The van der Waals surface area contributed by atoms with Crippen LogP contribution < -0.4 is 10.5 Å². The molecule has 0 aliphatic heterocycles. The van der Waals surface area contributed by atoms with Crippen molar-refractivity contribution in [3.05, 3.63) is 22.7 Å². The molecule has 0 spiro atoms. The molecule has 0 saturated carbocycles. The third-order valence-electron chi connectivity index (χ3n) is 3.10. The van der Waals surface area contributed by atoms with Crippen molar-refractivity contribution >= 4 is 31.6 Å². The van der Waals surface area contributed by atoms with Crippen molar-refractivity contribution in [3.63, 3.8) is 0 Å². The van der Waals surface area contributed by atoms with Crippen LogP contribution in [0.2, 0.25) is 0 Å². The second kappa shape index (κ2) is 6.04. The van der Waals surface area contributed by atoms with E-state index in [1.54, 1.807) is 12.1 Å². The van der Waals surface area contributed by atoms with E-state index in [4.69, 9.17) is 5.73 Å². The lowest BCUT2D eigenvalue weighted by atomic mass is 10.0. The lowest BCUT2D eigenvalue weighted by Gasteiger charge is -2.20. The molecule has 2 atom stereocenters. The molecule has 0 aliphatic rings. The van der Waals surface area contributed by atoms with Gasteiger partial charge in [0.1, 0.15) is 4.90 Å². The molecule has 1 rings (SSSR count). The Bertz CT molecular complexity index is 517. The fourth-order valence-corrected chi connectivity index (χ4v) is 3.39. The van der Waals surface area contributed by atoms with Gasteiger partial charge in [0.25, 0.3) is 0 Å². The smallest absolute Gasteiger partial charge is 0.242 e. The average molecular weight is 335 g/mol. The molecule has 3 N–H and O–H groups in total. The van der Waals surface area contributed by atoms with Gasteiger partial charge in [-0.15, -0.1) is 0 Å².